The highest BCUT2D eigenvalue weighted by molar-refractivity contribution is 8.00. The van der Waals surface area contributed by atoms with Gasteiger partial charge in [0.15, 0.2) is 28.2 Å². The summed E-state index contributed by atoms with van der Waals surface area (Å²) in [7, 11) is -5.81. The van der Waals surface area contributed by atoms with Crippen LogP contribution in [-0.2, 0) is 27.9 Å². The van der Waals surface area contributed by atoms with Crippen LogP contribution in [0.5, 0.6) is 5.75 Å². The second kappa shape index (κ2) is 16.4. The number of carboxylic acids is 1. The third kappa shape index (κ3) is 9.15. The topological polar surface area (TPSA) is 115 Å². The Labute approximate surface area is 308 Å². The minimum atomic E-state index is -5.81. The van der Waals surface area contributed by atoms with Gasteiger partial charge in [-0.25, -0.2) is 35.2 Å². The fraction of sp³-hybridized carbons (Fsp3) is 0.278. The molecule has 1 fully saturated rings. The first-order chi connectivity index (χ1) is 25.4. The first-order valence-electron chi connectivity index (χ1n) is 16.2. The Morgan fingerprint density at radius 1 is 0.759 bits per heavy atom. The van der Waals surface area contributed by atoms with E-state index in [4.69, 9.17) is 0 Å². The van der Waals surface area contributed by atoms with Crippen molar-refractivity contribution in [3.05, 3.63) is 118 Å². The van der Waals surface area contributed by atoms with Crippen LogP contribution < -0.4 is 4.90 Å². The van der Waals surface area contributed by atoms with Crippen molar-refractivity contribution in [1.29, 1.82) is 0 Å². The molecule has 1 saturated carbocycles. The van der Waals surface area contributed by atoms with Gasteiger partial charge in [0.1, 0.15) is 11.3 Å². The fourth-order valence-corrected chi connectivity index (χ4v) is 8.14. The van der Waals surface area contributed by atoms with Gasteiger partial charge in [-0.2, -0.15) is 17.5 Å². The molecule has 0 spiro atoms. The van der Waals surface area contributed by atoms with Crippen LogP contribution in [0.2, 0.25) is 0 Å². The van der Waals surface area contributed by atoms with E-state index in [2.05, 4.69) is 0 Å². The molecule has 8 nitrogen and oxygen atoms in total. The van der Waals surface area contributed by atoms with Crippen LogP contribution in [0.3, 0.4) is 0 Å². The van der Waals surface area contributed by atoms with Crippen molar-refractivity contribution in [3.8, 4) is 5.75 Å². The Morgan fingerprint density at radius 3 is 1.83 bits per heavy atom. The predicted molar refractivity (Wildman–Crippen MR) is 181 cm³/mol. The molecule has 5 rings (SSSR count). The molecule has 0 unspecified atom stereocenters. The van der Waals surface area contributed by atoms with Crippen molar-refractivity contribution in [2.75, 3.05) is 11.4 Å². The number of sulfonamides is 1. The van der Waals surface area contributed by atoms with E-state index < -0.39 is 97.6 Å². The van der Waals surface area contributed by atoms with Gasteiger partial charge < -0.3 is 15.1 Å². The van der Waals surface area contributed by atoms with Crippen LogP contribution in [-0.4, -0.2) is 46.9 Å². The van der Waals surface area contributed by atoms with E-state index in [1.54, 1.807) is 12.1 Å². The SMILES string of the molecule is O=C(O)c1ccc(N(Cc2ccc(C3CCCCC3)cc2)C(=O)CN(Cc2ccc(SC(F)(F)F)cc2)S(=O)(=O)c2c(F)c(F)c(F)c(F)c2F)cc1O. The highest BCUT2D eigenvalue weighted by Crippen LogP contribution is 2.38. The first kappa shape index (κ1) is 40.5. The largest absolute Gasteiger partial charge is 0.507 e. The highest BCUT2D eigenvalue weighted by atomic mass is 32.2. The molecule has 0 bridgehead atoms. The zero-order chi connectivity index (χ0) is 39.5. The minimum absolute atomic E-state index is 0.0875. The molecule has 2 N–H and O–H groups in total. The Kier molecular flexibility index (Phi) is 12.3. The second-order valence-corrected chi connectivity index (χ2v) is 15.4. The predicted octanol–water partition coefficient (Wildman–Crippen LogP) is 8.87. The number of nitrogens with zero attached hydrogens (tertiary/aromatic N) is 2. The Hall–Kier alpha value is -4.68. The molecule has 4 aromatic rings. The van der Waals surface area contributed by atoms with Crippen molar-refractivity contribution < 1.29 is 63.3 Å². The third-order valence-corrected chi connectivity index (χ3v) is 11.4. The molecule has 1 aliphatic carbocycles. The molecule has 4 aromatic carbocycles. The van der Waals surface area contributed by atoms with Gasteiger partial charge in [-0.15, -0.1) is 0 Å². The summed E-state index contributed by atoms with van der Waals surface area (Å²) in [6.07, 6.45) is 5.21. The van der Waals surface area contributed by atoms with Crippen LogP contribution in [0.25, 0.3) is 0 Å². The third-order valence-electron chi connectivity index (χ3n) is 8.82. The molecule has 0 radical (unpaired) electrons. The molecule has 18 heteroatoms. The van der Waals surface area contributed by atoms with E-state index in [0.717, 1.165) is 85.0 Å². The number of amides is 1. The summed E-state index contributed by atoms with van der Waals surface area (Å²) in [5, 5.41) is 19.8. The van der Waals surface area contributed by atoms with Crippen LogP contribution >= 0.6 is 11.8 Å². The smallest absolute Gasteiger partial charge is 0.446 e. The normalized spacial score (nSPS) is 14.0. The minimum Gasteiger partial charge on any atom is -0.507 e. The van der Waals surface area contributed by atoms with Crippen molar-refractivity contribution in [1.82, 2.24) is 4.31 Å². The summed E-state index contributed by atoms with van der Waals surface area (Å²) in [6, 6.07) is 14.0. The number of hydrogen-bond donors (Lipinski definition) is 2. The van der Waals surface area contributed by atoms with Crippen LogP contribution in [0.4, 0.5) is 40.8 Å². The van der Waals surface area contributed by atoms with Crippen molar-refractivity contribution in [2.24, 2.45) is 0 Å². The number of alkyl halides is 3. The summed E-state index contributed by atoms with van der Waals surface area (Å²) < 4.78 is 139. The number of thioether (sulfide) groups is 1. The number of carboxylic acid groups (broad SMARTS) is 1. The molecule has 0 heterocycles. The number of rotatable bonds is 12. The van der Waals surface area contributed by atoms with E-state index in [-0.39, 0.29) is 27.0 Å². The first-order valence-corrected chi connectivity index (χ1v) is 18.4. The summed E-state index contributed by atoms with van der Waals surface area (Å²) in [4.78, 5) is 24.0. The lowest BCUT2D eigenvalue weighted by atomic mass is 9.84. The summed E-state index contributed by atoms with van der Waals surface area (Å²) >= 11 is -0.503. The zero-order valence-corrected chi connectivity index (χ0v) is 29.5. The molecule has 54 heavy (non-hydrogen) atoms. The second-order valence-electron chi connectivity index (χ2n) is 12.4. The Balaban J connectivity index is 1.56. The van der Waals surface area contributed by atoms with E-state index >= 15 is 0 Å². The molecule has 0 aromatic heterocycles. The van der Waals surface area contributed by atoms with Crippen molar-refractivity contribution in [2.45, 2.75) is 66.4 Å². The van der Waals surface area contributed by atoms with Gasteiger partial charge in [0.25, 0.3) is 0 Å². The molecular formula is C36H30F8N2O6S2. The number of phenols is 1. The molecule has 1 aliphatic rings. The number of anilines is 1. The summed E-state index contributed by atoms with van der Waals surface area (Å²) in [5.74, 6) is -16.4. The number of halogens is 8. The lowest BCUT2D eigenvalue weighted by Gasteiger charge is -2.28. The monoisotopic (exact) mass is 802 g/mol. The summed E-state index contributed by atoms with van der Waals surface area (Å²) in [5.41, 5.74) is -4.04. The molecule has 0 atom stereocenters. The van der Waals surface area contributed by atoms with Crippen LogP contribution in [0, 0.1) is 29.1 Å². The number of aromatic hydroxyl groups is 1. The van der Waals surface area contributed by atoms with Crippen LogP contribution in [0.1, 0.15) is 65.1 Å². The maximum Gasteiger partial charge on any atom is 0.446 e. The number of hydrogen-bond acceptors (Lipinski definition) is 6. The van der Waals surface area contributed by atoms with Crippen molar-refractivity contribution >= 4 is 39.3 Å². The molecule has 0 aliphatic heterocycles. The number of benzene rings is 4. The van der Waals surface area contributed by atoms with E-state index in [1.807, 2.05) is 12.1 Å². The standard InChI is InChI=1S/C36H30F8N2O6S2/c37-29-30(38)32(40)34(33(41)31(29)39)54(51,52)45(17-20-8-13-25(14-9-20)53-36(42,43)44)19-28(48)46(24-12-15-26(35(49)50)27(47)16-24)18-21-6-10-23(11-7-21)22-4-2-1-3-5-22/h6-16,22,47H,1-5,17-19H2,(H,49,50). The van der Waals surface area contributed by atoms with Gasteiger partial charge in [-0.05, 0) is 71.5 Å². The van der Waals surface area contributed by atoms with Gasteiger partial charge in [0, 0.05) is 23.2 Å². The van der Waals surface area contributed by atoms with Gasteiger partial charge >= 0.3 is 11.5 Å². The van der Waals surface area contributed by atoms with Gasteiger partial charge in [-0.3, -0.25) is 4.79 Å². The molecule has 1 amide bonds. The number of carbonyl (C=O) groups is 2. The Bertz CT molecular complexity index is 2120. The number of aromatic carboxylic acids is 1. The lowest BCUT2D eigenvalue weighted by molar-refractivity contribution is -0.119. The zero-order valence-electron chi connectivity index (χ0n) is 27.8. The number of carbonyl (C=O) groups excluding carboxylic acids is 1. The lowest BCUT2D eigenvalue weighted by Crippen LogP contribution is -2.43. The highest BCUT2D eigenvalue weighted by Gasteiger charge is 2.39. The van der Waals surface area contributed by atoms with E-state index in [1.165, 1.54) is 0 Å². The average molecular weight is 803 g/mol. The van der Waals surface area contributed by atoms with E-state index in [0.29, 0.717) is 11.5 Å². The van der Waals surface area contributed by atoms with Crippen molar-refractivity contribution in [3.63, 3.8) is 0 Å². The van der Waals surface area contributed by atoms with Gasteiger partial charge in [0.05, 0.1) is 13.1 Å². The maximum atomic E-state index is 15.0. The molecular weight excluding hydrogens is 773 g/mol. The molecule has 288 valence electrons. The van der Waals surface area contributed by atoms with Crippen LogP contribution in [0.15, 0.2) is 76.5 Å². The maximum absolute atomic E-state index is 15.0. The average Bonchev–Trinajstić information content (AvgIpc) is 3.12. The molecule has 0 saturated heterocycles. The van der Waals surface area contributed by atoms with Gasteiger partial charge in [0.2, 0.25) is 21.7 Å². The fourth-order valence-electron chi connectivity index (χ4n) is 6.11. The van der Waals surface area contributed by atoms with Gasteiger partial charge in [-0.1, -0.05) is 55.7 Å². The summed E-state index contributed by atoms with van der Waals surface area (Å²) in [6.45, 7) is -2.68. The van der Waals surface area contributed by atoms with E-state index in [9.17, 15) is 63.3 Å². The quantitative estimate of drug-likeness (QED) is 0.0637. The Morgan fingerprint density at radius 2 is 1.30 bits per heavy atom.